The molecule has 3 rings (SSSR count). The molecular weight excluding hydrogens is 479 g/mol. The van der Waals surface area contributed by atoms with E-state index in [0.29, 0.717) is 0 Å². The maximum absolute atomic E-state index is 13.9. The topological polar surface area (TPSA) is 66.4 Å². The van der Waals surface area contributed by atoms with Crippen molar-refractivity contribution in [2.45, 2.75) is 33.6 Å². The Bertz CT molecular complexity index is 1290. The van der Waals surface area contributed by atoms with Crippen LogP contribution in [0.15, 0.2) is 55.6 Å². The molecule has 0 aromatic heterocycles. The van der Waals surface area contributed by atoms with Gasteiger partial charge >= 0.3 is 5.97 Å². The standard InChI is InChI=1S/C21H23F.C9H7F2NO3/c1-6-15-12-17(22)13-16(7-2)21(15)20-11-10-14(5)18(8-3)19(20)9-4;10-5-2-1-3-6(11)8(5)9(15)12-4-7(13)14/h8-13H,3-4,6-7H2,1-2,5H3;1-3H,4H2,(H,12,15)(H,13,14). The van der Waals surface area contributed by atoms with Crippen LogP contribution in [0.5, 0.6) is 0 Å². The molecule has 3 aromatic carbocycles. The summed E-state index contributed by atoms with van der Waals surface area (Å²) in [7, 11) is 0. The van der Waals surface area contributed by atoms with Crippen LogP contribution in [-0.2, 0) is 17.6 Å². The first-order chi connectivity index (χ1) is 17.6. The molecule has 2 N–H and O–H groups in total. The minimum atomic E-state index is -1.29. The van der Waals surface area contributed by atoms with Crippen molar-refractivity contribution in [3.63, 3.8) is 0 Å². The third-order valence-electron chi connectivity index (χ3n) is 5.80. The van der Waals surface area contributed by atoms with E-state index in [-0.39, 0.29) is 5.82 Å². The fourth-order valence-corrected chi connectivity index (χ4v) is 4.04. The molecule has 0 atom stereocenters. The number of hydrogen-bond donors (Lipinski definition) is 2. The third-order valence-corrected chi connectivity index (χ3v) is 5.80. The number of halogens is 3. The van der Waals surface area contributed by atoms with Gasteiger partial charge in [-0.05, 0) is 83.0 Å². The summed E-state index contributed by atoms with van der Waals surface area (Å²) in [5.74, 6) is -4.60. The highest BCUT2D eigenvalue weighted by atomic mass is 19.1. The molecule has 7 heteroatoms. The normalized spacial score (nSPS) is 10.2. The molecule has 1 amide bonds. The highest BCUT2D eigenvalue weighted by Gasteiger charge is 2.17. The van der Waals surface area contributed by atoms with Crippen LogP contribution in [0, 0.1) is 24.4 Å². The van der Waals surface area contributed by atoms with Crippen molar-refractivity contribution in [3.8, 4) is 11.1 Å². The van der Waals surface area contributed by atoms with Gasteiger partial charge in [0.05, 0.1) is 0 Å². The lowest BCUT2D eigenvalue weighted by molar-refractivity contribution is -0.135. The minimum absolute atomic E-state index is 0.159. The Morgan fingerprint density at radius 2 is 1.46 bits per heavy atom. The monoisotopic (exact) mass is 509 g/mol. The van der Waals surface area contributed by atoms with E-state index in [0.717, 1.165) is 64.4 Å². The number of aryl methyl sites for hydroxylation is 3. The molecule has 0 radical (unpaired) electrons. The van der Waals surface area contributed by atoms with Crippen molar-refractivity contribution in [2.75, 3.05) is 6.54 Å². The Morgan fingerprint density at radius 3 is 1.92 bits per heavy atom. The first kappa shape index (κ1) is 29.1. The van der Waals surface area contributed by atoms with E-state index in [2.05, 4.69) is 46.1 Å². The molecule has 0 saturated carbocycles. The molecule has 0 spiro atoms. The van der Waals surface area contributed by atoms with Crippen LogP contribution in [0.1, 0.15) is 52.0 Å². The molecule has 0 aliphatic rings. The Labute approximate surface area is 215 Å². The molecule has 3 aromatic rings. The first-order valence-electron chi connectivity index (χ1n) is 11.7. The van der Waals surface area contributed by atoms with Crippen LogP contribution in [0.3, 0.4) is 0 Å². The van der Waals surface area contributed by atoms with E-state index in [1.807, 2.05) is 17.5 Å². The minimum Gasteiger partial charge on any atom is -0.480 e. The predicted molar refractivity (Wildman–Crippen MR) is 142 cm³/mol. The zero-order chi connectivity index (χ0) is 27.7. The largest absolute Gasteiger partial charge is 0.480 e. The van der Waals surface area contributed by atoms with Gasteiger partial charge in [-0.15, -0.1) is 0 Å². The highest BCUT2D eigenvalue weighted by Crippen LogP contribution is 2.36. The fourth-order valence-electron chi connectivity index (χ4n) is 4.04. The van der Waals surface area contributed by atoms with Gasteiger partial charge in [-0.1, -0.05) is 57.4 Å². The fraction of sp³-hybridized carbons (Fsp3) is 0.200. The van der Waals surface area contributed by atoms with Crippen molar-refractivity contribution in [2.24, 2.45) is 0 Å². The summed E-state index contributed by atoms with van der Waals surface area (Å²) in [5.41, 5.74) is 6.91. The zero-order valence-electron chi connectivity index (χ0n) is 21.1. The first-order valence-corrected chi connectivity index (χ1v) is 11.7. The summed E-state index contributed by atoms with van der Waals surface area (Å²) in [5, 5.41) is 10.1. The number of nitrogens with one attached hydrogen (secondary N) is 1. The average molecular weight is 510 g/mol. The van der Waals surface area contributed by atoms with Gasteiger partial charge in [-0.3, -0.25) is 9.59 Å². The number of amides is 1. The predicted octanol–water partition coefficient (Wildman–Crippen LogP) is 6.99. The lowest BCUT2D eigenvalue weighted by Gasteiger charge is -2.18. The lowest BCUT2D eigenvalue weighted by Crippen LogP contribution is -2.30. The van der Waals surface area contributed by atoms with Gasteiger partial charge < -0.3 is 10.4 Å². The number of carboxylic acids is 1. The quantitative estimate of drug-likeness (QED) is 0.344. The SMILES string of the molecule is C=Cc1c(C)ccc(-c2c(CC)cc(F)cc2CC)c1C=C.O=C(O)CNC(=O)c1c(F)cccc1F. The van der Waals surface area contributed by atoms with Crippen molar-refractivity contribution < 1.29 is 27.9 Å². The Kier molecular flexibility index (Phi) is 10.4. The lowest BCUT2D eigenvalue weighted by atomic mass is 9.86. The summed E-state index contributed by atoms with van der Waals surface area (Å²) in [6.45, 7) is 13.4. The average Bonchev–Trinajstić information content (AvgIpc) is 2.87. The van der Waals surface area contributed by atoms with Gasteiger partial charge in [0.2, 0.25) is 0 Å². The van der Waals surface area contributed by atoms with Gasteiger partial charge in [0.1, 0.15) is 29.6 Å². The van der Waals surface area contributed by atoms with E-state index in [1.54, 1.807) is 12.1 Å². The van der Waals surface area contributed by atoms with Crippen molar-refractivity contribution in [3.05, 3.63) is 106 Å². The number of rotatable bonds is 8. The number of carbonyl (C=O) groups excluding carboxylic acids is 1. The van der Waals surface area contributed by atoms with Gasteiger partial charge in [0.15, 0.2) is 0 Å². The molecular formula is C30H30F3NO3. The molecule has 0 heterocycles. The molecule has 0 bridgehead atoms. The molecule has 0 aliphatic carbocycles. The van der Waals surface area contributed by atoms with Crippen LogP contribution in [0.25, 0.3) is 23.3 Å². The second-order valence-electron chi connectivity index (χ2n) is 8.14. The van der Waals surface area contributed by atoms with Gasteiger partial charge in [0, 0.05) is 0 Å². The summed E-state index contributed by atoms with van der Waals surface area (Å²) in [4.78, 5) is 21.2. The molecule has 0 fully saturated rings. The van der Waals surface area contributed by atoms with Crippen LogP contribution in [0.4, 0.5) is 13.2 Å². The maximum Gasteiger partial charge on any atom is 0.322 e. The summed E-state index contributed by atoms with van der Waals surface area (Å²) >= 11 is 0. The summed E-state index contributed by atoms with van der Waals surface area (Å²) in [6, 6.07) is 10.5. The number of hydrogen-bond acceptors (Lipinski definition) is 2. The van der Waals surface area contributed by atoms with Crippen LogP contribution >= 0.6 is 0 Å². The molecule has 37 heavy (non-hydrogen) atoms. The van der Waals surface area contributed by atoms with E-state index >= 15 is 0 Å². The number of carbonyl (C=O) groups is 2. The highest BCUT2D eigenvalue weighted by molar-refractivity contribution is 5.96. The van der Waals surface area contributed by atoms with E-state index in [4.69, 9.17) is 5.11 Å². The Hall–Kier alpha value is -4.13. The number of benzene rings is 3. The summed E-state index contributed by atoms with van der Waals surface area (Å²) in [6.07, 6.45) is 5.35. The second-order valence-corrected chi connectivity index (χ2v) is 8.14. The summed E-state index contributed by atoms with van der Waals surface area (Å²) < 4.78 is 39.8. The van der Waals surface area contributed by atoms with Crippen molar-refractivity contribution in [1.29, 1.82) is 0 Å². The molecule has 0 aliphatic heterocycles. The smallest absolute Gasteiger partial charge is 0.322 e. The molecule has 0 saturated heterocycles. The van der Waals surface area contributed by atoms with Crippen LogP contribution in [-0.4, -0.2) is 23.5 Å². The van der Waals surface area contributed by atoms with Crippen LogP contribution < -0.4 is 5.32 Å². The molecule has 0 unspecified atom stereocenters. The van der Waals surface area contributed by atoms with E-state index in [9.17, 15) is 22.8 Å². The number of aliphatic carboxylic acids is 1. The maximum atomic E-state index is 13.9. The van der Waals surface area contributed by atoms with E-state index in [1.165, 1.54) is 5.56 Å². The molecule has 194 valence electrons. The third kappa shape index (κ3) is 6.97. The van der Waals surface area contributed by atoms with E-state index < -0.39 is 35.6 Å². The zero-order valence-corrected chi connectivity index (χ0v) is 21.1. The van der Waals surface area contributed by atoms with Crippen molar-refractivity contribution in [1.82, 2.24) is 5.32 Å². The van der Waals surface area contributed by atoms with Gasteiger partial charge in [-0.2, -0.15) is 0 Å². The Balaban J connectivity index is 0.000000281. The van der Waals surface area contributed by atoms with Gasteiger partial charge in [-0.25, -0.2) is 13.2 Å². The molecule has 4 nitrogen and oxygen atoms in total. The Morgan fingerprint density at radius 1 is 0.919 bits per heavy atom. The number of carboxylic acid groups (broad SMARTS) is 1. The van der Waals surface area contributed by atoms with Gasteiger partial charge in [0.25, 0.3) is 5.91 Å². The second kappa shape index (κ2) is 13.3. The van der Waals surface area contributed by atoms with Crippen molar-refractivity contribution >= 4 is 24.0 Å². The van der Waals surface area contributed by atoms with Crippen LogP contribution in [0.2, 0.25) is 0 Å².